The van der Waals surface area contributed by atoms with Gasteiger partial charge >= 0.3 is 13.8 Å². The van der Waals surface area contributed by atoms with E-state index in [1.807, 2.05) is 33.3 Å². The average Bonchev–Trinajstić information content (AvgIpc) is 3.47. The van der Waals surface area contributed by atoms with Gasteiger partial charge in [0.15, 0.2) is 0 Å². The minimum atomic E-state index is -4.45. The summed E-state index contributed by atoms with van der Waals surface area (Å²) in [6, 6.07) is -0.850. The molecule has 0 bridgehead atoms. The van der Waals surface area contributed by atoms with Gasteiger partial charge in [-0.25, -0.2) is 4.57 Å². The van der Waals surface area contributed by atoms with E-state index in [2.05, 4.69) is 86.8 Å². The number of carbonyl (C=O) groups is 2. The van der Waals surface area contributed by atoms with E-state index >= 15 is 0 Å². The summed E-state index contributed by atoms with van der Waals surface area (Å²) in [7, 11) is 1.50. The van der Waals surface area contributed by atoms with E-state index in [0.717, 1.165) is 89.9 Å². The summed E-state index contributed by atoms with van der Waals surface area (Å²) in [5.74, 6) is -0.496. The topological polar surface area (TPSA) is 111 Å². The first-order valence-corrected chi connectivity index (χ1v) is 36.8. The molecule has 83 heavy (non-hydrogen) atoms. The first-order chi connectivity index (χ1) is 40.4. The SMILES string of the molecule is CC/C=C\C/C=C\C/C=C\C/C=C\C/C=C\CCCCCCCCCCCCCC(=O)OC(/C=C/CCCCCCCCCCCCC)C(COP(=O)(O)OCC[N+](C)(C)C)NC(=O)CCCCCCCCCCCCCCCCCCC. The minimum absolute atomic E-state index is 0.0400. The quantitative estimate of drug-likeness (QED) is 0.0205. The molecule has 0 aromatic heterocycles. The van der Waals surface area contributed by atoms with Crippen LogP contribution in [0, 0.1) is 0 Å². The highest BCUT2D eigenvalue weighted by molar-refractivity contribution is 7.47. The molecule has 10 heteroatoms. The fraction of sp³-hybridized carbons (Fsp3) is 0.808. The molecule has 0 aliphatic carbocycles. The number of hydrogen-bond acceptors (Lipinski definition) is 6. The number of nitrogens with zero attached hydrogens (tertiary/aromatic N) is 1. The second kappa shape index (κ2) is 62.5. The van der Waals surface area contributed by atoms with Gasteiger partial charge in [-0.1, -0.05) is 312 Å². The average molecular weight is 1180 g/mol. The van der Waals surface area contributed by atoms with Crippen molar-refractivity contribution in [3.63, 3.8) is 0 Å². The van der Waals surface area contributed by atoms with Crippen LogP contribution in [0.4, 0.5) is 0 Å². The third-order valence-corrected chi connectivity index (χ3v) is 16.6. The van der Waals surface area contributed by atoms with Gasteiger partial charge < -0.3 is 19.4 Å². The van der Waals surface area contributed by atoms with Crippen LogP contribution in [0.2, 0.25) is 0 Å². The molecule has 3 atom stereocenters. The van der Waals surface area contributed by atoms with Gasteiger partial charge in [-0.05, 0) is 76.7 Å². The first-order valence-electron chi connectivity index (χ1n) is 35.3. The minimum Gasteiger partial charge on any atom is -0.456 e. The zero-order chi connectivity index (χ0) is 60.7. The standard InChI is InChI=1S/C73H135N2O7P/c1-7-10-13-16-19-22-25-28-30-32-33-34-35-36-37-38-39-40-41-43-45-48-51-54-57-60-63-66-73(77)82-71(64-61-58-55-52-49-46-27-24-21-18-15-12-9-3)70(69-81-83(78,79)80-68-67-75(4,5)6)74-72(76)65-62-59-56-53-50-47-44-42-31-29-26-23-20-17-14-11-8-2/h10,13,19,22,28,30,33-34,36-37,61,64,70-71H,7-9,11-12,14-18,20-21,23-27,29,31-32,35,38-60,62-63,65-69H2,1-6H3,(H-,74,76,78,79)/p+1/b13-10-,22-19-,30-28-,34-33-,37-36-,64-61+. The predicted molar refractivity (Wildman–Crippen MR) is 360 cm³/mol. The van der Waals surface area contributed by atoms with E-state index in [1.54, 1.807) is 0 Å². The zero-order valence-corrected chi connectivity index (χ0v) is 56.3. The van der Waals surface area contributed by atoms with E-state index in [-0.39, 0.29) is 31.5 Å². The van der Waals surface area contributed by atoms with Crippen molar-refractivity contribution in [1.29, 1.82) is 0 Å². The summed E-state index contributed by atoms with van der Waals surface area (Å²) in [4.78, 5) is 37.9. The Morgan fingerprint density at radius 1 is 0.434 bits per heavy atom. The van der Waals surface area contributed by atoms with Gasteiger partial charge in [-0.2, -0.15) is 0 Å². The Morgan fingerprint density at radius 3 is 1.16 bits per heavy atom. The normalized spacial score (nSPS) is 14.0. The summed E-state index contributed by atoms with van der Waals surface area (Å²) in [5, 5.41) is 3.07. The van der Waals surface area contributed by atoms with E-state index in [1.165, 1.54) is 205 Å². The second-order valence-electron chi connectivity index (χ2n) is 25.0. The number of rotatable bonds is 64. The molecule has 3 unspecified atom stereocenters. The summed E-state index contributed by atoms with van der Waals surface area (Å²) >= 11 is 0. The van der Waals surface area contributed by atoms with Crippen molar-refractivity contribution in [3.05, 3.63) is 72.9 Å². The van der Waals surface area contributed by atoms with Gasteiger partial charge in [-0.15, -0.1) is 0 Å². The lowest BCUT2D eigenvalue weighted by Crippen LogP contribution is -2.47. The van der Waals surface area contributed by atoms with E-state index in [9.17, 15) is 19.0 Å². The molecule has 2 N–H and O–H groups in total. The number of ether oxygens (including phenoxy) is 1. The van der Waals surface area contributed by atoms with Gasteiger partial charge in [0.05, 0.1) is 33.8 Å². The number of quaternary nitrogens is 1. The summed E-state index contributed by atoms with van der Waals surface area (Å²) in [5.41, 5.74) is 0. The summed E-state index contributed by atoms with van der Waals surface area (Å²) in [6.45, 7) is 6.94. The molecule has 0 rings (SSSR count). The first kappa shape index (κ1) is 80.5. The molecule has 0 saturated heterocycles. The number of allylic oxidation sites excluding steroid dienone is 11. The van der Waals surface area contributed by atoms with Crippen molar-refractivity contribution >= 4 is 19.7 Å². The molecule has 9 nitrogen and oxygen atoms in total. The zero-order valence-electron chi connectivity index (χ0n) is 55.4. The number of nitrogens with one attached hydrogen (secondary N) is 1. The highest BCUT2D eigenvalue weighted by Crippen LogP contribution is 2.43. The van der Waals surface area contributed by atoms with Gasteiger partial charge in [0.25, 0.3) is 0 Å². The lowest BCUT2D eigenvalue weighted by molar-refractivity contribution is -0.870. The van der Waals surface area contributed by atoms with Crippen LogP contribution in [-0.4, -0.2) is 74.3 Å². The lowest BCUT2D eigenvalue weighted by atomic mass is 10.0. The fourth-order valence-corrected chi connectivity index (χ4v) is 11.0. The molecule has 0 spiro atoms. The molecule has 0 aromatic carbocycles. The second-order valence-corrected chi connectivity index (χ2v) is 26.5. The van der Waals surface area contributed by atoms with Crippen LogP contribution in [0.3, 0.4) is 0 Å². The molecule has 0 saturated carbocycles. The van der Waals surface area contributed by atoms with Crippen molar-refractivity contribution in [2.45, 2.75) is 341 Å². The Bertz CT molecular complexity index is 1650. The Morgan fingerprint density at radius 2 is 0.771 bits per heavy atom. The van der Waals surface area contributed by atoms with Crippen LogP contribution >= 0.6 is 7.82 Å². The molecule has 1 amide bonds. The monoisotopic (exact) mass is 1180 g/mol. The molecular weight excluding hydrogens is 1050 g/mol. The number of likely N-dealkylation sites (N-methyl/N-ethyl adjacent to an activating group) is 1. The van der Waals surface area contributed by atoms with Gasteiger partial charge in [-0.3, -0.25) is 18.6 Å². The van der Waals surface area contributed by atoms with Gasteiger partial charge in [0.2, 0.25) is 5.91 Å². The van der Waals surface area contributed by atoms with Crippen LogP contribution in [0.1, 0.15) is 329 Å². The Labute approximate surface area is 514 Å². The van der Waals surface area contributed by atoms with Crippen molar-refractivity contribution in [1.82, 2.24) is 5.32 Å². The third-order valence-electron chi connectivity index (χ3n) is 15.7. The lowest BCUT2D eigenvalue weighted by Gasteiger charge is -2.27. The Hall–Kier alpha value is -2.55. The van der Waals surface area contributed by atoms with E-state index in [4.69, 9.17) is 13.8 Å². The fourth-order valence-electron chi connectivity index (χ4n) is 10.3. The van der Waals surface area contributed by atoms with Crippen LogP contribution in [-0.2, 0) is 27.9 Å². The van der Waals surface area contributed by atoms with Crippen LogP contribution in [0.15, 0.2) is 72.9 Å². The highest BCUT2D eigenvalue weighted by Gasteiger charge is 2.30. The number of unbranched alkanes of at least 4 members (excludes halogenated alkanes) is 38. The molecule has 0 aliphatic rings. The molecular formula is C73H136N2O7P+. The van der Waals surface area contributed by atoms with Crippen molar-refractivity contribution < 1.29 is 37.3 Å². The Balaban J connectivity index is 5.07. The van der Waals surface area contributed by atoms with Crippen molar-refractivity contribution in [3.8, 4) is 0 Å². The van der Waals surface area contributed by atoms with Crippen molar-refractivity contribution in [2.75, 3.05) is 40.9 Å². The Kier molecular flexibility index (Phi) is 60.6. The molecule has 0 aliphatic heterocycles. The highest BCUT2D eigenvalue weighted by atomic mass is 31.2. The molecule has 0 heterocycles. The van der Waals surface area contributed by atoms with Crippen LogP contribution < -0.4 is 5.32 Å². The van der Waals surface area contributed by atoms with E-state index < -0.39 is 20.0 Å². The van der Waals surface area contributed by atoms with Crippen LogP contribution in [0.5, 0.6) is 0 Å². The molecule has 0 aromatic rings. The number of esters is 1. The third kappa shape index (κ3) is 63.8. The number of carbonyl (C=O) groups excluding carboxylic acids is 2. The maximum Gasteiger partial charge on any atom is 0.472 e. The molecule has 0 radical (unpaired) electrons. The number of amides is 1. The smallest absolute Gasteiger partial charge is 0.456 e. The van der Waals surface area contributed by atoms with Gasteiger partial charge in [0.1, 0.15) is 19.3 Å². The summed E-state index contributed by atoms with van der Waals surface area (Å²) < 4.78 is 30.8. The number of phosphoric acid groups is 1. The van der Waals surface area contributed by atoms with Crippen molar-refractivity contribution in [2.24, 2.45) is 0 Å². The summed E-state index contributed by atoms with van der Waals surface area (Å²) in [6.07, 6.45) is 81.9. The predicted octanol–water partition coefficient (Wildman–Crippen LogP) is 22.3. The largest absolute Gasteiger partial charge is 0.472 e. The number of hydrogen-bond donors (Lipinski definition) is 2. The van der Waals surface area contributed by atoms with Crippen LogP contribution in [0.25, 0.3) is 0 Å². The molecule has 0 fully saturated rings. The van der Waals surface area contributed by atoms with E-state index in [0.29, 0.717) is 17.4 Å². The molecule has 484 valence electrons. The number of phosphoric ester groups is 1. The maximum absolute atomic E-state index is 13.6. The maximum atomic E-state index is 13.6. The van der Waals surface area contributed by atoms with Gasteiger partial charge in [0, 0.05) is 12.8 Å².